The summed E-state index contributed by atoms with van der Waals surface area (Å²) in [5, 5.41) is 22.0. The molecule has 0 fully saturated rings. The number of nitrogens with zero attached hydrogens (tertiary/aromatic N) is 3. The summed E-state index contributed by atoms with van der Waals surface area (Å²) in [5.74, 6) is -0.831. The SMILES string of the molecule is CC(=O)Nc1cc(NCc2cn(CCO)nn2)ccc1F. The highest BCUT2D eigenvalue weighted by molar-refractivity contribution is 5.89. The molecule has 0 radical (unpaired) electrons. The third-order valence-corrected chi connectivity index (χ3v) is 2.67. The molecule has 0 spiro atoms. The van der Waals surface area contributed by atoms with E-state index in [0.717, 1.165) is 0 Å². The van der Waals surface area contributed by atoms with Gasteiger partial charge in [0.05, 0.1) is 31.6 Å². The van der Waals surface area contributed by atoms with E-state index in [-0.39, 0.29) is 18.2 Å². The molecule has 1 aromatic carbocycles. The van der Waals surface area contributed by atoms with Crippen LogP contribution in [0.15, 0.2) is 24.4 Å². The summed E-state index contributed by atoms with van der Waals surface area (Å²) in [5.41, 5.74) is 1.46. The Morgan fingerprint density at radius 1 is 1.48 bits per heavy atom. The van der Waals surface area contributed by atoms with E-state index in [2.05, 4.69) is 20.9 Å². The number of halogens is 1. The van der Waals surface area contributed by atoms with Crippen molar-refractivity contribution in [2.45, 2.75) is 20.0 Å². The minimum atomic E-state index is -0.496. The fourth-order valence-corrected chi connectivity index (χ4v) is 1.74. The number of anilines is 2. The molecule has 1 amide bonds. The minimum absolute atomic E-state index is 0.00569. The molecular weight excluding hydrogens is 277 g/mol. The van der Waals surface area contributed by atoms with Gasteiger partial charge in [0.1, 0.15) is 11.5 Å². The average molecular weight is 293 g/mol. The Labute approximate surface area is 120 Å². The van der Waals surface area contributed by atoms with Gasteiger partial charge < -0.3 is 15.7 Å². The van der Waals surface area contributed by atoms with E-state index >= 15 is 0 Å². The number of carbonyl (C=O) groups excluding carboxylic acids is 1. The summed E-state index contributed by atoms with van der Waals surface area (Å²) in [6.07, 6.45) is 1.71. The van der Waals surface area contributed by atoms with E-state index in [0.29, 0.717) is 24.5 Å². The van der Waals surface area contributed by atoms with Gasteiger partial charge in [-0.1, -0.05) is 5.21 Å². The molecule has 0 unspecified atom stereocenters. The average Bonchev–Trinajstić information content (AvgIpc) is 2.87. The molecule has 0 saturated carbocycles. The summed E-state index contributed by atoms with van der Waals surface area (Å²) in [6.45, 7) is 2.10. The van der Waals surface area contributed by atoms with Gasteiger partial charge in [-0.15, -0.1) is 5.10 Å². The normalized spacial score (nSPS) is 10.4. The van der Waals surface area contributed by atoms with Crippen molar-refractivity contribution in [1.82, 2.24) is 15.0 Å². The van der Waals surface area contributed by atoms with Gasteiger partial charge in [0.15, 0.2) is 0 Å². The number of hydrogen-bond donors (Lipinski definition) is 3. The van der Waals surface area contributed by atoms with E-state index in [9.17, 15) is 9.18 Å². The number of nitrogens with one attached hydrogen (secondary N) is 2. The van der Waals surface area contributed by atoms with Gasteiger partial charge in [-0.25, -0.2) is 9.07 Å². The van der Waals surface area contributed by atoms with Crippen LogP contribution in [0.1, 0.15) is 12.6 Å². The molecule has 0 aliphatic rings. The molecule has 0 aliphatic heterocycles. The van der Waals surface area contributed by atoms with E-state index in [1.54, 1.807) is 12.3 Å². The lowest BCUT2D eigenvalue weighted by Gasteiger charge is -2.08. The van der Waals surface area contributed by atoms with Gasteiger partial charge in [-0.05, 0) is 18.2 Å². The number of aromatic nitrogens is 3. The van der Waals surface area contributed by atoms with Crippen molar-refractivity contribution in [2.24, 2.45) is 0 Å². The Balaban J connectivity index is 2.00. The maximum Gasteiger partial charge on any atom is 0.221 e. The van der Waals surface area contributed by atoms with E-state index in [1.165, 1.54) is 23.7 Å². The summed E-state index contributed by atoms with van der Waals surface area (Å²) in [4.78, 5) is 11.0. The van der Waals surface area contributed by atoms with Crippen LogP contribution in [0.2, 0.25) is 0 Å². The van der Waals surface area contributed by atoms with E-state index in [1.807, 2.05) is 0 Å². The fourth-order valence-electron chi connectivity index (χ4n) is 1.74. The fraction of sp³-hybridized carbons (Fsp3) is 0.308. The van der Waals surface area contributed by atoms with Crippen LogP contribution in [-0.2, 0) is 17.9 Å². The molecule has 2 aromatic rings. The number of aliphatic hydroxyl groups is 1. The third kappa shape index (κ3) is 4.25. The maximum atomic E-state index is 13.5. The number of aliphatic hydroxyl groups excluding tert-OH is 1. The van der Waals surface area contributed by atoms with Gasteiger partial charge in [0.25, 0.3) is 0 Å². The first kappa shape index (κ1) is 14.9. The van der Waals surface area contributed by atoms with Crippen molar-refractivity contribution >= 4 is 17.3 Å². The molecular formula is C13H16FN5O2. The van der Waals surface area contributed by atoms with Crippen LogP contribution in [0.25, 0.3) is 0 Å². The Morgan fingerprint density at radius 2 is 2.29 bits per heavy atom. The van der Waals surface area contributed by atoms with Gasteiger partial charge in [0.2, 0.25) is 5.91 Å². The molecule has 0 bridgehead atoms. The first-order valence-corrected chi connectivity index (χ1v) is 6.39. The zero-order valence-electron chi connectivity index (χ0n) is 11.5. The molecule has 0 aliphatic carbocycles. The molecule has 2 rings (SSSR count). The molecule has 0 saturated heterocycles. The van der Waals surface area contributed by atoms with Crippen molar-refractivity contribution in [1.29, 1.82) is 0 Å². The molecule has 21 heavy (non-hydrogen) atoms. The maximum absolute atomic E-state index is 13.5. The van der Waals surface area contributed by atoms with Crippen molar-refractivity contribution in [2.75, 3.05) is 17.2 Å². The number of benzene rings is 1. The Bertz CT molecular complexity index is 629. The monoisotopic (exact) mass is 293 g/mol. The zero-order valence-corrected chi connectivity index (χ0v) is 11.5. The van der Waals surface area contributed by atoms with Gasteiger partial charge in [0, 0.05) is 12.6 Å². The van der Waals surface area contributed by atoms with Crippen LogP contribution >= 0.6 is 0 Å². The molecule has 1 heterocycles. The number of hydrogen-bond acceptors (Lipinski definition) is 5. The van der Waals surface area contributed by atoms with E-state index in [4.69, 9.17) is 5.11 Å². The van der Waals surface area contributed by atoms with Crippen molar-refractivity contribution < 1.29 is 14.3 Å². The minimum Gasteiger partial charge on any atom is -0.394 e. The lowest BCUT2D eigenvalue weighted by Crippen LogP contribution is -2.08. The van der Waals surface area contributed by atoms with Crippen molar-refractivity contribution in [3.8, 4) is 0 Å². The zero-order chi connectivity index (χ0) is 15.2. The summed E-state index contributed by atoms with van der Waals surface area (Å²) in [7, 11) is 0. The highest BCUT2D eigenvalue weighted by Crippen LogP contribution is 2.20. The Kier molecular flexibility index (Phi) is 4.83. The van der Waals surface area contributed by atoms with Crippen LogP contribution in [0.5, 0.6) is 0 Å². The predicted octanol–water partition coefficient (Wildman–Crippen LogP) is 0.980. The predicted molar refractivity (Wildman–Crippen MR) is 75.1 cm³/mol. The van der Waals surface area contributed by atoms with Crippen LogP contribution in [0, 0.1) is 5.82 Å². The molecule has 7 nitrogen and oxygen atoms in total. The van der Waals surface area contributed by atoms with Crippen LogP contribution in [0.3, 0.4) is 0 Å². The topological polar surface area (TPSA) is 92.1 Å². The molecule has 1 aromatic heterocycles. The van der Waals surface area contributed by atoms with Gasteiger partial charge in [-0.2, -0.15) is 0 Å². The lowest BCUT2D eigenvalue weighted by molar-refractivity contribution is -0.114. The van der Waals surface area contributed by atoms with Gasteiger partial charge >= 0.3 is 0 Å². The highest BCUT2D eigenvalue weighted by Gasteiger charge is 2.06. The Hall–Kier alpha value is -2.48. The Morgan fingerprint density at radius 3 is 3.00 bits per heavy atom. The van der Waals surface area contributed by atoms with Gasteiger partial charge in [-0.3, -0.25) is 4.79 Å². The summed E-state index contributed by atoms with van der Waals surface area (Å²) < 4.78 is 15.0. The second kappa shape index (κ2) is 6.80. The standard InChI is InChI=1S/C13H16FN5O2/c1-9(21)16-13-6-10(2-3-12(13)14)15-7-11-8-19(4-5-20)18-17-11/h2-3,6,8,15,20H,4-5,7H2,1H3,(H,16,21). The van der Waals surface area contributed by atoms with Crippen molar-refractivity contribution in [3.05, 3.63) is 35.9 Å². The second-order valence-electron chi connectivity index (χ2n) is 4.43. The third-order valence-electron chi connectivity index (χ3n) is 2.67. The lowest BCUT2D eigenvalue weighted by atomic mass is 10.2. The summed E-state index contributed by atoms with van der Waals surface area (Å²) in [6, 6.07) is 4.35. The molecule has 112 valence electrons. The smallest absolute Gasteiger partial charge is 0.221 e. The largest absolute Gasteiger partial charge is 0.394 e. The number of rotatable bonds is 6. The molecule has 8 heteroatoms. The summed E-state index contributed by atoms with van der Waals surface area (Å²) >= 11 is 0. The number of amides is 1. The number of carbonyl (C=O) groups is 1. The van der Waals surface area contributed by atoms with Crippen LogP contribution in [-0.4, -0.2) is 32.6 Å². The van der Waals surface area contributed by atoms with Crippen molar-refractivity contribution in [3.63, 3.8) is 0 Å². The second-order valence-corrected chi connectivity index (χ2v) is 4.43. The molecule has 0 atom stereocenters. The molecule has 3 N–H and O–H groups in total. The van der Waals surface area contributed by atoms with Crippen LogP contribution < -0.4 is 10.6 Å². The first-order chi connectivity index (χ1) is 10.1. The quantitative estimate of drug-likeness (QED) is 0.738. The first-order valence-electron chi connectivity index (χ1n) is 6.39. The van der Waals surface area contributed by atoms with Crippen LogP contribution in [0.4, 0.5) is 15.8 Å². The highest BCUT2D eigenvalue weighted by atomic mass is 19.1. The van der Waals surface area contributed by atoms with E-state index < -0.39 is 5.82 Å².